The van der Waals surface area contributed by atoms with Gasteiger partial charge in [-0.05, 0) is 64.9 Å². The molecule has 6 rings (SSSR count). The molecule has 0 N–H and O–H groups in total. The van der Waals surface area contributed by atoms with Gasteiger partial charge in [0.25, 0.3) is 0 Å². The molecular formula is C40H45IrN3OSi-2. The molecule has 0 amide bonds. The minimum absolute atomic E-state index is 0. The third kappa shape index (κ3) is 7.91. The number of pyridine rings is 3. The second kappa shape index (κ2) is 15.0. The van der Waals surface area contributed by atoms with Gasteiger partial charge in [-0.25, -0.2) is 0 Å². The maximum Gasteiger partial charge on any atom is 0.125 e. The first-order chi connectivity index (χ1) is 21.5. The smallest absolute Gasteiger partial charge is 0.125 e. The molecule has 6 aromatic rings. The number of nitrogens with zero attached hydrogens (tertiary/aromatic N) is 3. The first-order valence-corrected chi connectivity index (χ1v) is 19.7. The fourth-order valence-corrected chi connectivity index (χ4v) is 7.34. The molecule has 1 radical (unpaired) electrons. The number of fused-ring (bicyclic) bond motifs is 3. The second-order valence-electron chi connectivity index (χ2n) is 13.6. The zero-order valence-electron chi connectivity index (χ0n) is 28.4. The van der Waals surface area contributed by atoms with Crippen LogP contribution in [0.5, 0.6) is 0 Å². The second-order valence-corrected chi connectivity index (χ2v) is 18.7. The molecule has 0 fully saturated rings. The van der Waals surface area contributed by atoms with E-state index in [1.807, 2.05) is 54.9 Å². The van der Waals surface area contributed by atoms with E-state index in [0.29, 0.717) is 11.5 Å². The minimum Gasteiger partial charge on any atom is -0.475 e. The number of aromatic nitrogens is 3. The van der Waals surface area contributed by atoms with Gasteiger partial charge in [-0.15, -0.1) is 41.5 Å². The summed E-state index contributed by atoms with van der Waals surface area (Å²) in [6.07, 6.45) is 9.15. The van der Waals surface area contributed by atoms with Gasteiger partial charge in [0.1, 0.15) is 5.58 Å². The largest absolute Gasteiger partial charge is 0.475 e. The first-order valence-electron chi connectivity index (χ1n) is 16.2. The summed E-state index contributed by atoms with van der Waals surface area (Å²) in [5.74, 6) is 0.667. The molecule has 4 nitrogen and oxygen atoms in total. The molecule has 4 aromatic heterocycles. The zero-order valence-corrected chi connectivity index (χ0v) is 31.8. The normalized spacial score (nSPS) is 11.8. The minimum atomic E-state index is -1.34. The van der Waals surface area contributed by atoms with Gasteiger partial charge < -0.3 is 19.4 Å². The van der Waals surface area contributed by atoms with Crippen molar-refractivity contribution in [1.82, 2.24) is 15.0 Å². The number of hydrogen-bond acceptors (Lipinski definition) is 4. The Kier molecular flexibility index (Phi) is 11.5. The topological polar surface area (TPSA) is 51.8 Å². The van der Waals surface area contributed by atoms with Gasteiger partial charge >= 0.3 is 0 Å². The third-order valence-corrected chi connectivity index (χ3v) is 10.9. The van der Waals surface area contributed by atoms with Crippen LogP contribution in [0.2, 0.25) is 19.6 Å². The number of rotatable bonds is 8. The average molecular weight is 804 g/mol. The Morgan fingerprint density at radius 1 is 0.848 bits per heavy atom. The fourth-order valence-electron chi connectivity index (χ4n) is 5.75. The molecule has 0 bridgehead atoms. The maximum atomic E-state index is 5.91. The standard InChI is InChI=1S/C22H21N2O.C18H24NSi.Ir/c1-4-22(3,5-2)16-10-11-23-18(13-16)15-12-20-21(24-14-15)17-8-6-7-9-19(17)25-20;1-14(2)11-16-12-17(15-9-7-6-8-10-15)19-13-18(16)20(3,4)5;/h6-11,13-14H,4-5H2,1-3H3;6-9,12-14H,11H2,1-5H3;/q2*-1;. The van der Waals surface area contributed by atoms with Crippen LogP contribution in [0, 0.1) is 18.1 Å². The predicted octanol–water partition coefficient (Wildman–Crippen LogP) is 10.2. The summed E-state index contributed by atoms with van der Waals surface area (Å²) in [7, 11) is -1.34. The summed E-state index contributed by atoms with van der Waals surface area (Å²) in [5.41, 5.74) is 9.19. The molecule has 0 spiro atoms. The van der Waals surface area contributed by atoms with E-state index in [0.717, 1.165) is 58.3 Å². The molecule has 6 heteroatoms. The van der Waals surface area contributed by atoms with Crippen molar-refractivity contribution in [3.05, 3.63) is 109 Å². The molecule has 0 unspecified atom stereocenters. The van der Waals surface area contributed by atoms with E-state index in [2.05, 4.69) is 112 Å². The van der Waals surface area contributed by atoms with Crippen molar-refractivity contribution in [2.75, 3.05) is 0 Å². The van der Waals surface area contributed by atoms with Crippen LogP contribution in [-0.4, -0.2) is 23.0 Å². The van der Waals surface area contributed by atoms with E-state index in [-0.39, 0.29) is 25.5 Å². The molecule has 4 heterocycles. The van der Waals surface area contributed by atoms with Crippen LogP contribution in [0.15, 0.2) is 89.7 Å². The van der Waals surface area contributed by atoms with Crippen molar-refractivity contribution in [3.63, 3.8) is 0 Å². The summed E-state index contributed by atoms with van der Waals surface area (Å²) >= 11 is 0. The summed E-state index contributed by atoms with van der Waals surface area (Å²) in [6.45, 7) is 18.5. The Bertz CT molecular complexity index is 1890. The molecule has 0 aliphatic rings. The molecule has 241 valence electrons. The molecule has 46 heavy (non-hydrogen) atoms. The van der Waals surface area contributed by atoms with Gasteiger partial charge in [-0.1, -0.05) is 102 Å². The molecule has 0 aliphatic heterocycles. The van der Waals surface area contributed by atoms with E-state index in [9.17, 15) is 0 Å². The van der Waals surface area contributed by atoms with E-state index < -0.39 is 8.07 Å². The Balaban J connectivity index is 0.000000210. The van der Waals surface area contributed by atoms with E-state index in [1.165, 1.54) is 16.3 Å². The van der Waals surface area contributed by atoms with Crippen molar-refractivity contribution in [3.8, 4) is 22.5 Å². The van der Waals surface area contributed by atoms with Crippen LogP contribution in [0.1, 0.15) is 58.6 Å². The fraction of sp³-hybridized carbons (Fsp3) is 0.325. The van der Waals surface area contributed by atoms with Crippen molar-refractivity contribution in [2.24, 2.45) is 5.92 Å². The summed E-state index contributed by atoms with van der Waals surface area (Å²) in [5, 5.41) is 2.51. The van der Waals surface area contributed by atoms with Crippen LogP contribution in [0.3, 0.4) is 0 Å². The first kappa shape index (κ1) is 35.4. The molecule has 0 saturated carbocycles. The Morgan fingerprint density at radius 3 is 2.24 bits per heavy atom. The summed E-state index contributed by atoms with van der Waals surface area (Å²) in [6, 6.07) is 29.2. The molecular weight excluding hydrogens is 759 g/mol. The SMILES string of the molecule is CC(C)Cc1cc(-c2[c-]cccc2)ncc1[Si](C)(C)C.CCC(C)(CC)c1ccnc(-c2[c-]c3oc4ccccc4c3nc2)c1.[Ir]. The van der Waals surface area contributed by atoms with Gasteiger partial charge in [-0.2, -0.15) is 0 Å². The van der Waals surface area contributed by atoms with Crippen molar-refractivity contribution in [1.29, 1.82) is 0 Å². The van der Waals surface area contributed by atoms with E-state index >= 15 is 0 Å². The van der Waals surface area contributed by atoms with Crippen LogP contribution in [0.4, 0.5) is 0 Å². The number of para-hydroxylation sites is 1. The number of hydrogen-bond donors (Lipinski definition) is 0. The molecule has 0 aliphatic carbocycles. The van der Waals surface area contributed by atoms with Crippen molar-refractivity contribution in [2.45, 2.75) is 78.9 Å². The van der Waals surface area contributed by atoms with E-state index in [4.69, 9.17) is 4.42 Å². The Labute approximate surface area is 289 Å². The number of benzene rings is 2. The quantitative estimate of drug-likeness (QED) is 0.114. The summed E-state index contributed by atoms with van der Waals surface area (Å²) in [4.78, 5) is 13.8. The van der Waals surface area contributed by atoms with Gasteiger partial charge in [0.2, 0.25) is 0 Å². The van der Waals surface area contributed by atoms with Crippen molar-refractivity contribution < 1.29 is 24.5 Å². The monoisotopic (exact) mass is 804 g/mol. The van der Waals surface area contributed by atoms with Gasteiger partial charge in [-0.3, -0.25) is 0 Å². The van der Waals surface area contributed by atoms with Crippen LogP contribution >= 0.6 is 0 Å². The van der Waals surface area contributed by atoms with Crippen LogP contribution < -0.4 is 5.19 Å². The predicted molar refractivity (Wildman–Crippen MR) is 192 cm³/mol. The third-order valence-electron chi connectivity index (χ3n) is 8.84. The summed E-state index contributed by atoms with van der Waals surface area (Å²) < 4.78 is 5.91. The van der Waals surface area contributed by atoms with E-state index in [1.54, 1.807) is 0 Å². The van der Waals surface area contributed by atoms with Crippen LogP contribution in [0.25, 0.3) is 44.6 Å². The Morgan fingerprint density at radius 2 is 1.57 bits per heavy atom. The average Bonchev–Trinajstić information content (AvgIpc) is 3.42. The van der Waals surface area contributed by atoms with Crippen LogP contribution in [-0.2, 0) is 31.9 Å². The molecule has 0 saturated heterocycles. The Hall–Kier alpha value is -3.44. The van der Waals surface area contributed by atoms with Gasteiger partial charge in [0.05, 0.1) is 13.7 Å². The maximum absolute atomic E-state index is 5.91. The number of furan rings is 1. The van der Waals surface area contributed by atoms with Gasteiger partial charge in [0.15, 0.2) is 0 Å². The molecule has 2 aromatic carbocycles. The van der Waals surface area contributed by atoms with Crippen molar-refractivity contribution >= 4 is 35.3 Å². The van der Waals surface area contributed by atoms with Gasteiger partial charge in [0, 0.05) is 43.4 Å². The zero-order chi connectivity index (χ0) is 32.2. The molecule has 0 atom stereocenters.